The van der Waals surface area contributed by atoms with Gasteiger partial charge in [0.1, 0.15) is 6.04 Å². The lowest BCUT2D eigenvalue weighted by molar-refractivity contribution is -0.117. The van der Waals surface area contributed by atoms with Gasteiger partial charge in [0.2, 0.25) is 11.8 Å². The third kappa shape index (κ3) is 2.77. The second-order valence-corrected chi connectivity index (χ2v) is 5.42. The number of fused-ring (bicyclic) bond motifs is 1. The van der Waals surface area contributed by atoms with Crippen LogP contribution in [0.25, 0.3) is 0 Å². The molecule has 3 rings (SSSR count). The predicted molar refractivity (Wildman–Crippen MR) is 81.4 cm³/mol. The molecular formula is C16H19N3O2. The van der Waals surface area contributed by atoms with E-state index in [0.29, 0.717) is 5.88 Å². The Morgan fingerprint density at radius 2 is 2.24 bits per heavy atom. The van der Waals surface area contributed by atoms with Crippen molar-refractivity contribution in [3.05, 3.63) is 41.6 Å². The van der Waals surface area contributed by atoms with Crippen molar-refractivity contribution in [1.82, 2.24) is 5.16 Å². The van der Waals surface area contributed by atoms with Crippen molar-refractivity contribution >= 4 is 17.5 Å². The van der Waals surface area contributed by atoms with Crippen LogP contribution in [0.1, 0.15) is 24.6 Å². The molecule has 5 nitrogen and oxygen atoms in total. The van der Waals surface area contributed by atoms with E-state index < -0.39 is 0 Å². The van der Waals surface area contributed by atoms with Crippen molar-refractivity contribution in [1.29, 1.82) is 0 Å². The molecule has 1 aliphatic rings. The van der Waals surface area contributed by atoms with E-state index in [-0.39, 0.29) is 11.9 Å². The summed E-state index contributed by atoms with van der Waals surface area (Å²) in [5, 5.41) is 6.55. The van der Waals surface area contributed by atoms with Gasteiger partial charge in [-0.15, -0.1) is 0 Å². The number of carbonyl (C=O) groups is 1. The SMILES string of the molecule is Cc1cc(NC(=O)[C@@H](C)N2CCCc3ccccc32)on1. The van der Waals surface area contributed by atoms with E-state index in [1.165, 1.54) is 5.56 Å². The Morgan fingerprint density at radius 1 is 1.43 bits per heavy atom. The number of hydrogen-bond acceptors (Lipinski definition) is 4. The summed E-state index contributed by atoms with van der Waals surface area (Å²) in [5.41, 5.74) is 3.21. The van der Waals surface area contributed by atoms with Gasteiger partial charge in [-0.1, -0.05) is 23.4 Å². The fourth-order valence-corrected chi connectivity index (χ4v) is 2.75. The Balaban J connectivity index is 1.76. The summed E-state index contributed by atoms with van der Waals surface area (Å²) in [7, 11) is 0. The second-order valence-electron chi connectivity index (χ2n) is 5.42. The number of carbonyl (C=O) groups excluding carboxylic acids is 1. The summed E-state index contributed by atoms with van der Waals surface area (Å²) in [6, 6.07) is 9.74. The quantitative estimate of drug-likeness (QED) is 0.942. The van der Waals surface area contributed by atoms with Gasteiger partial charge in [0.25, 0.3) is 0 Å². The Hall–Kier alpha value is -2.30. The first-order valence-electron chi connectivity index (χ1n) is 7.24. The third-order valence-electron chi connectivity index (χ3n) is 3.87. The number of amides is 1. The first-order chi connectivity index (χ1) is 10.1. The Bertz CT molecular complexity index is 650. The standard InChI is InChI=1S/C16H19N3O2/c1-11-10-15(21-18-11)17-16(20)12(2)19-9-5-7-13-6-3-4-8-14(13)19/h3-4,6,8,10,12H,5,7,9H2,1-2H3,(H,17,20)/t12-/m1/s1. The Kier molecular flexibility index (Phi) is 3.64. The predicted octanol–water partition coefficient (Wildman–Crippen LogP) is 2.76. The lowest BCUT2D eigenvalue weighted by Crippen LogP contribution is -2.44. The first kappa shape index (κ1) is 13.7. The smallest absolute Gasteiger partial charge is 0.249 e. The topological polar surface area (TPSA) is 58.4 Å². The molecule has 5 heteroatoms. The lowest BCUT2D eigenvalue weighted by atomic mass is 10.00. The highest BCUT2D eigenvalue weighted by Gasteiger charge is 2.26. The van der Waals surface area contributed by atoms with Crippen LogP contribution in [0.15, 0.2) is 34.9 Å². The van der Waals surface area contributed by atoms with Gasteiger partial charge in [0.05, 0.1) is 5.69 Å². The zero-order valence-corrected chi connectivity index (χ0v) is 12.3. The van der Waals surface area contributed by atoms with E-state index >= 15 is 0 Å². The number of rotatable bonds is 3. The highest BCUT2D eigenvalue weighted by molar-refractivity contribution is 5.95. The van der Waals surface area contributed by atoms with Crippen LogP contribution in [0, 0.1) is 6.92 Å². The number of nitrogens with one attached hydrogen (secondary N) is 1. The van der Waals surface area contributed by atoms with Gasteiger partial charge in [-0.2, -0.15) is 0 Å². The summed E-state index contributed by atoms with van der Waals surface area (Å²) in [5.74, 6) is 0.317. The van der Waals surface area contributed by atoms with E-state index in [4.69, 9.17) is 4.52 Å². The monoisotopic (exact) mass is 285 g/mol. The Morgan fingerprint density at radius 3 is 3.00 bits per heavy atom. The number of nitrogens with zero attached hydrogens (tertiary/aromatic N) is 2. The molecule has 0 aliphatic carbocycles. The maximum Gasteiger partial charge on any atom is 0.249 e. The van der Waals surface area contributed by atoms with Crippen molar-refractivity contribution < 1.29 is 9.32 Å². The van der Waals surface area contributed by atoms with Crippen LogP contribution < -0.4 is 10.2 Å². The van der Waals surface area contributed by atoms with Crippen LogP contribution in [-0.4, -0.2) is 23.7 Å². The molecule has 2 aromatic rings. The molecule has 1 atom stereocenters. The molecule has 1 aromatic carbocycles. The van der Waals surface area contributed by atoms with Crippen molar-refractivity contribution in [2.75, 3.05) is 16.8 Å². The van der Waals surface area contributed by atoms with Gasteiger partial charge in [-0.05, 0) is 38.3 Å². The van der Waals surface area contributed by atoms with Crippen molar-refractivity contribution in [3.8, 4) is 0 Å². The number of benzene rings is 1. The van der Waals surface area contributed by atoms with Gasteiger partial charge in [-0.3, -0.25) is 10.1 Å². The maximum absolute atomic E-state index is 12.4. The summed E-state index contributed by atoms with van der Waals surface area (Å²) >= 11 is 0. The number of aryl methyl sites for hydroxylation is 2. The van der Waals surface area contributed by atoms with Crippen LogP contribution in [0.5, 0.6) is 0 Å². The molecule has 21 heavy (non-hydrogen) atoms. The summed E-state index contributed by atoms with van der Waals surface area (Å²) in [4.78, 5) is 14.5. The summed E-state index contributed by atoms with van der Waals surface area (Å²) in [6.45, 7) is 4.63. The fraction of sp³-hybridized carbons (Fsp3) is 0.375. The van der Waals surface area contributed by atoms with Gasteiger partial charge < -0.3 is 9.42 Å². The van der Waals surface area contributed by atoms with E-state index in [0.717, 1.165) is 30.8 Å². The van der Waals surface area contributed by atoms with Crippen LogP contribution in [-0.2, 0) is 11.2 Å². The molecule has 1 amide bonds. The largest absolute Gasteiger partial charge is 0.360 e. The zero-order chi connectivity index (χ0) is 14.8. The molecule has 1 N–H and O–H groups in total. The Labute approximate surface area is 123 Å². The first-order valence-corrected chi connectivity index (χ1v) is 7.24. The van der Waals surface area contributed by atoms with Gasteiger partial charge in [0.15, 0.2) is 0 Å². The van der Waals surface area contributed by atoms with Crippen molar-refractivity contribution in [2.45, 2.75) is 32.7 Å². The average Bonchev–Trinajstić information content (AvgIpc) is 2.91. The molecule has 110 valence electrons. The minimum atomic E-state index is -0.253. The molecule has 0 saturated carbocycles. The molecule has 0 radical (unpaired) electrons. The van der Waals surface area contributed by atoms with Crippen LogP contribution in [0.3, 0.4) is 0 Å². The number of hydrogen-bond donors (Lipinski definition) is 1. The van der Waals surface area contributed by atoms with E-state index in [1.807, 2.05) is 26.0 Å². The molecule has 0 unspecified atom stereocenters. The molecular weight excluding hydrogens is 266 g/mol. The van der Waals surface area contributed by atoms with Crippen LogP contribution in [0.4, 0.5) is 11.6 Å². The van der Waals surface area contributed by atoms with Gasteiger partial charge >= 0.3 is 0 Å². The van der Waals surface area contributed by atoms with E-state index in [1.54, 1.807) is 6.07 Å². The van der Waals surface area contributed by atoms with Crippen molar-refractivity contribution in [3.63, 3.8) is 0 Å². The molecule has 0 bridgehead atoms. The summed E-state index contributed by atoms with van der Waals surface area (Å²) in [6.07, 6.45) is 2.14. The molecule has 0 fully saturated rings. The molecule has 1 aromatic heterocycles. The number of anilines is 2. The lowest BCUT2D eigenvalue weighted by Gasteiger charge is -2.35. The van der Waals surface area contributed by atoms with Gasteiger partial charge in [0, 0.05) is 18.3 Å². The third-order valence-corrected chi connectivity index (χ3v) is 3.87. The second kappa shape index (κ2) is 5.60. The molecule has 0 saturated heterocycles. The molecule has 1 aliphatic heterocycles. The zero-order valence-electron chi connectivity index (χ0n) is 12.3. The average molecular weight is 285 g/mol. The maximum atomic E-state index is 12.4. The highest BCUT2D eigenvalue weighted by Crippen LogP contribution is 2.28. The number of para-hydroxylation sites is 1. The fourth-order valence-electron chi connectivity index (χ4n) is 2.75. The normalized spacial score (nSPS) is 15.4. The van der Waals surface area contributed by atoms with E-state index in [9.17, 15) is 4.79 Å². The molecule has 0 spiro atoms. The van der Waals surface area contributed by atoms with Crippen LogP contribution >= 0.6 is 0 Å². The highest BCUT2D eigenvalue weighted by atomic mass is 16.5. The number of aromatic nitrogens is 1. The van der Waals surface area contributed by atoms with Gasteiger partial charge in [-0.25, -0.2) is 0 Å². The van der Waals surface area contributed by atoms with E-state index in [2.05, 4.69) is 27.5 Å². The summed E-state index contributed by atoms with van der Waals surface area (Å²) < 4.78 is 5.04. The minimum absolute atomic E-state index is 0.0807. The minimum Gasteiger partial charge on any atom is -0.360 e. The van der Waals surface area contributed by atoms with Crippen molar-refractivity contribution in [2.24, 2.45) is 0 Å². The molecule has 2 heterocycles. The van der Waals surface area contributed by atoms with Crippen LogP contribution in [0.2, 0.25) is 0 Å².